The third-order valence-corrected chi connectivity index (χ3v) is 5.27. The lowest BCUT2D eigenvalue weighted by Crippen LogP contribution is -2.23. The van der Waals surface area contributed by atoms with Gasteiger partial charge in [0.25, 0.3) is 5.91 Å². The van der Waals surface area contributed by atoms with Crippen LogP contribution in [-0.4, -0.2) is 20.7 Å². The maximum absolute atomic E-state index is 12.6. The van der Waals surface area contributed by atoms with Crippen molar-refractivity contribution in [1.82, 2.24) is 20.1 Å². The third-order valence-electron chi connectivity index (χ3n) is 5.27. The molecule has 0 fully saturated rings. The van der Waals surface area contributed by atoms with E-state index in [9.17, 15) is 18.0 Å². The summed E-state index contributed by atoms with van der Waals surface area (Å²) in [5.41, 5.74) is 3.21. The topological polar surface area (TPSA) is 69.0 Å². The second-order valence-corrected chi connectivity index (χ2v) is 7.59. The number of halogens is 3. The fourth-order valence-electron chi connectivity index (χ4n) is 3.43. The lowest BCUT2D eigenvalue weighted by Gasteiger charge is -2.09. The van der Waals surface area contributed by atoms with E-state index in [4.69, 9.17) is 4.74 Å². The Labute approximate surface area is 194 Å². The molecule has 0 saturated heterocycles. The molecule has 0 radical (unpaired) electrons. The van der Waals surface area contributed by atoms with Gasteiger partial charge in [0.15, 0.2) is 0 Å². The first-order valence-corrected chi connectivity index (χ1v) is 10.4. The monoisotopic (exact) mass is 466 g/mol. The molecule has 6 nitrogen and oxygen atoms in total. The smallest absolute Gasteiger partial charge is 0.417 e. The highest BCUT2D eigenvalue weighted by Crippen LogP contribution is 2.30. The lowest BCUT2D eigenvalue weighted by molar-refractivity contribution is -0.137. The van der Waals surface area contributed by atoms with E-state index in [0.29, 0.717) is 24.1 Å². The highest BCUT2D eigenvalue weighted by atomic mass is 19.4. The minimum atomic E-state index is -4.46. The van der Waals surface area contributed by atoms with Crippen LogP contribution in [-0.2, 0) is 12.7 Å². The van der Waals surface area contributed by atoms with Gasteiger partial charge in [-0.1, -0.05) is 18.2 Å². The largest absolute Gasteiger partial charge is 0.439 e. The Morgan fingerprint density at radius 3 is 2.32 bits per heavy atom. The molecule has 2 aromatic carbocycles. The highest BCUT2D eigenvalue weighted by molar-refractivity contribution is 5.94. The Morgan fingerprint density at radius 2 is 1.71 bits per heavy atom. The van der Waals surface area contributed by atoms with Gasteiger partial charge in [0, 0.05) is 35.6 Å². The molecule has 9 heteroatoms. The van der Waals surface area contributed by atoms with Gasteiger partial charge in [0.1, 0.15) is 5.75 Å². The normalized spacial score (nSPS) is 11.3. The van der Waals surface area contributed by atoms with Crippen LogP contribution >= 0.6 is 0 Å². The standard InChI is InChI=1S/C25H21F3N4O2/c1-16-22(17(2)32(31-16)20-6-4-3-5-7-20)15-30-24(33)18-8-11-21(12-9-18)34-23-13-10-19(14-29-23)25(26,27)28/h3-14H,15H2,1-2H3,(H,30,33). The van der Waals surface area contributed by atoms with Crippen molar-refractivity contribution in [2.75, 3.05) is 0 Å². The summed E-state index contributed by atoms with van der Waals surface area (Å²) in [5.74, 6) is 0.0941. The molecule has 0 spiro atoms. The minimum absolute atomic E-state index is 0.0200. The van der Waals surface area contributed by atoms with Crippen molar-refractivity contribution in [2.45, 2.75) is 26.6 Å². The van der Waals surface area contributed by atoms with Gasteiger partial charge in [0.05, 0.1) is 16.9 Å². The number of aryl methyl sites for hydroxylation is 1. The summed E-state index contributed by atoms with van der Waals surface area (Å²) < 4.78 is 45.2. The predicted molar refractivity (Wildman–Crippen MR) is 120 cm³/mol. The lowest BCUT2D eigenvalue weighted by atomic mass is 10.1. The van der Waals surface area contributed by atoms with Crippen LogP contribution in [0.4, 0.5) is 13.2 Å². The average molecular weight is 466 g/mol. The van der Waals surface area contributed by atoms with Crippen molar-refractivity contribution in [3.05, 3.63) is 101 Å². The molecule has 174 valence electrons. The quantitative estimate of drug-likeness (QED) is 0.400. The van der Waals surface area contributed by atoms with Gasteiger partial charge < -0.3 is 10.1 Å². The van der Waals surface area contributed by atoms with Crippen LogP contribution in [0.2, 0.25) is 0 Å². The minimum Gasteiger partial charge on any atom is -0.439 e. The van der Waals surface area contributed by atoms with Gasteiger partial charge >= 0.3 is 6.18 Å². The summed E-state index contributed by atoms with van der Waals surface area (Å²) in [6, 6.07) is 18.0. The van der Waals surface area contributed by atoms with E-state index in [1.807, 2.05) is 48.9 Å². The number of carbonyl (C=O) groups excluding carboxylic acids is 1. The van der Waals surface area contributed by atoms with Crippen molar-refractivity contribution in [2.24, 2.45) is 0 Å². The van der Waals surface area contributed by atoms with Gasteiger partial charge in [-0.05, 0) is 56.3 Å². The Balaban J connectivity index is 1.39. The molecule has 2 aromatic heterocycles. The van der Waals surface area contributed by atoms with Crippen LogP contribution in [0.3, 0.4) is 0 Å². The Hall–Kier alpha value is -4.14. The predicted octanol–water partition coefficient (Wildman–Crippen LogP) is 5.63. The van der Waals surface area contributed by atoms with E-state index in [0.717, 1.165) is 34.8 Å². The Kier molecular flexibility index (Phi) is 6.36. The fraction of sp³-hybridized carbons (Fsp3) is 0.160. The molecule has 4 rings (SSSR count). The second kappa shape index (κ2) is 9.38. The van der Waals surface area contributed by atoms with E-state index in [2.05, 4.69) is 15.4 Å². The van der Waals surface area contributed by atoms with Crippen molar-refractivity contribution in [3.63, 3.8) is 0 Å². The van der Waals surface area contributed by atoms with Gasteiger partial charge in [-0.3, -0.25) is 4.79 Å². The SMILES string of the molecule is Cc1nn(-c2ccccc2)c(C)c1CNC(=O)c1ccc(Oc2ccc(C(F)(F)F)cn2)cc1. The second-order valence-electron chi connectivity index (χ2n) is 7.59. The number of nitrogens with one attached hydrogen (secondary N) is 1. The Bertz CT molecular complexity index is 1280. The number of para-hydroxylation sites is 1. The zero-order valence-corrected chi connectivity index (χ0v) is 18.4. The summed E-state index contributed by atoms with van der Waals surface area (Å²) in [5, 5.41) is 7.48. The number of amides is 1. The van der Waals surface area contributed by atoms with Crippen molar-refractivity contribution in [1.29, 1.82) is 0 Å². The maximum atomic E-state index is 12.6. The first-order chi connectivity index (χ1) is 16.2. The number of hydrogen-bond donors (Lipinski definition) is 1. The summed E-state index contributed by atoms with van der Waals surface area (Å²) >= 11 is 0. The molecule has 0 aliphatic heterocycles. The zero-order chi connectivity index (χ0) is 24.3. The first-order valence-electron chi connectivity index (χ1n) is 10.4. The van der Waals surface area contributed by atoms with E-state index in [1.54, 1.807) is 24.3 Å². The molecule has 0 atom stereocenters. The number of pyridine rings is 1. The molecule has 1 amide bonds. The number of carbonyl (C=O) groups is 1. The number of nitrogens with zero attached hydrogens (tertiary/aromatic N) is 3. The van der Waals surface area contributed by atoms with E-state index < -0.39 is 11.7 Å². The number of alkyl halides is 3. The van der Waals surface area contributed by atoms with Crippen molar-refractivity contribution in [3.8, 4) is 17.3 Å². The van der Waals surface area contributed by atoms with Crippen LogP contribution in [0, 0.1) is 13.8 Å². The highest BCUT2D eigenvalue weighted by Gasteiger charge is 2.30. The summed E-state index contributed by atoms with van der Waals surface area (Å²) in [6.07, 6.45) is -3.75. The van der Waals surface area contributed by atoms with Gasteiger partial charge in [-0.15, -0.1) is 0 Å². The molecule has 34 heavy (non-hydrogen) atoms. The van der Waals surface area contributed by atoms with Crippen molar-refractivity contribution < 1.29 is 22.7 Å². The Morgan fingerprint density at radius 1 is 1.00 bits per heavy atom. The molecule has 0 bridgehead atoms. The van der Waals surface area contributed by atoms with Gasteiger partial charge in [-0.25, -0.2) is 9.67 Å². The van der Waals surface area contributed by atoms with Gasteiger partial charge in [-0.2, -0.15) is 18.3 Å². The zero-order valence-electron chi connectivity index (χ0n) is 18.4. The first kappa shape index (κ1) is 23.0. The molecule has 0 unspecified atom stereocenters. The van der Waals surface area contributed by atoms with E-state index in [1.165, 1.54) is 0 Å². The van der Waals surface area contributed by atoms with E-state index in [-0.39, 0.29) is 11.8 Å². The number of benzene rings is 2. The molecular weight excluding hydrogens is 445 g/mol. The molecular formula is C25H21F3N4O2. The molecule has 0 saturated carbocycles. The molecule has 1 N–H and O–H groups in total. The number of aromatic nitrogens is 3. The number of rotatable bonds is 6. The average Bonchev–Trinajstić information content (AvgIpc) is 3.11. The molecule has 4 aromatic rings. The number of ether oxygens (including phenoxy) is 1. The number of hydrogen-bond acceptors (Lipinski definition) is 4. The summed E-state index contributed by atoms with van der Waals surface area (Å²) in [6.45, 7) is 4.17. The summed E-state index contributed by atoms with van der Waals surface area (Å²) in [7, 11) is 0. The van der Waals surface area contributed by atoms with Crippen LogP contribution in [0.1, 0.15) is 32.9 Å². The van der Waals surface area contributed by atoms with Crippen LogP contribution in [0.15, 0.2) is 72.9 Å². The van der Waals surface area contributed by atoms with Crippen molar-refractivity contribution >= 4 is 5.91 Å². The third kappa shape index (κ3) is 5.09. The fourth-order valence-corrected chi connectivity index (χ4v) is 3.43. The van der Waals surface area contributed by atoms with Crippen LogP contribution in [0.25, 0.3) is 5.69 Å². The molecule has 2 heterocycles. The van der Waals surface area contributed by atoms with Gasteiger partial charge in [0.2, 0.25) is 5.88 Å². The maximum Gasteiger partial charge on any atom is 0.417 e. The molecule has 0 aliphatic carbocycles. The summed E-state index contributed by atoms with van der Waals surface area (Å²) in [4.78, 5) is 16.3. The van der Waals surface area contributed by atoms with Crippen LogP contribution in [0.5, 0.6) is 11.6 Å². The molecule has 0 aliphatic rings. The van der Waals surface area contributed by atoms with E-state index >= 15 is 0 Å². The van der Waals surface area contributed by atoms with Crippen LogP contribution < -0.4 is 10.1 Å².